The van der Waals surface area contributed by atoms with Gasteiger partial charge in [-0.2, -0.15) is 8.42 Å². The molecule has 0 spiro atoms. The Morgan fingerprint density at radius 2 is 2.00 bits per heavy atom. The van der Waals surface area contributed by atoms with Gasteiger partial charge >= 0.3 is 10.1 Å². The van der Waals surface area contributed by atoms with Crippen LogP contribution in [0.15, 0.2) is 0 Å². The molecular formula is C3H6ClO3S. The van der Waals surface area contributed by atoms with Crippen LogP contribution in [0.5, 0.6) is 0 Å². The molecule has 0 aromatic heterocycles. The van der Waals surface area contributed by atoms with Crippen molar-refractivity contribution < 1.29 is 13.0 Å². The van der Waals surface area contributed by atoms with E-state index < -0.39 is 14.8 Å². The van der Waals surface area contributed by atoms with Gasteiger partial charge in [-0.25, -0.2) is 0 Å². The number of hydrogen-bond acceptors (Lipinski definition) is 2. The van der Waals surface area contributed by atoms with Crippen LogP contribution in [0.1, 0.15) is 13.3 Å². The Morgan fingerprint density at radius 3 is 2.00 bits per heavy atom. The minimum absolute atomic E-state index is 0.160. The highest BCUT2D eigenvalue weighted by Crippen LogP contribution is 2.07. The van der Waals surface area contributed by atoms with Crippen LogP contribution < -0.4 is 0 Å². The minimum Gasteiger partial charge on any atom is -0.195 e. The Morgan fingerprint density at radius 1 is 1.62 bits per heavy atom. The van der Waals surface area contributed by atoms with Crippen molar-refractivity contribution in [1.82, 2.24) is 0 Å². The van der Waals surface area contributed by atoms with Gasteiger partial charge in [-0.05, 0) is 6.42 Å². The fourth-order valence-corrected chi connectivity index (χ4v) is 0.612. The lowest BCUT2D eigenvalue weighted by atomic mass is 10.6. The summed E-state index contributed by atoms with van der Waals surface area (Å²) in [5.41, 5.74) is 0. The molecule has 0 heterocycles. The fourth-order valence-electron chi connectivity index (χ4n) is 0.204. The first-order valence-electron chi connectivity index (χ1n) is 2.07. The van der Waals surface area contributed by atoms with Gasteiger partial charge in [0.15, 0.2) is 4.71 Å². The normalized spacial score (nSPS) is 15.9. The Balaban J connectivity index is 4.04. The summed E-state index contributed by atoms with van der Waals surface area (Å²) in [5.74, 6) is 0. The monoisotopic (exact) mass is 157 g/mol. The number of halogens is 1. The van der Waals surface area contributed by atoms with Gasteiger partial charge in [-0.15, -0.1) is 11.6 Å². The molecule has 1 atom stereocenters. The molecule has 0 bridgehead atoms. The minimum atomic E-state index is -4.24. The second-order valence-corrected chi connectivity index (χ2v) is 3.65. The van der Waals surface area contributed by atoms with Crippen LogP contribution in [0, 0.1) is 0 Å². The van der Waals surface area contributed by atoms with Gasteiger partial charge in [-0.3, -0.25) is 0 Å². The molecule has 1 radical (unpaired) electrons. The van der Waals surface area contributed by atoms with E-state index in [0.29, 0.717) is 0 Å². The van der Waals surface area contributed by atoms with Gasteiger partial charge in [0, 0.05) is 0 Å². The Labute approximate surface area is 53.4 Å². The van der Waals surface area contributed by atoms with Crippen molar-refractivity contribution in [1.29, 1.82) is 0 Å². The van der Waals surface area contributed by atoms with E-state index in [1.54, 1.807) is 0 Å². The molecule has 8 heavy (non-hydrogen) atoms. The predicted molar refractivity (Wildman–Crippen MR) is 29.5 cm³/mol. The molecule has 3 nitrogen and oxygen atoms in total. The highest BCUT2D eigenvalue weighted by Gasteiger charge is 2.18. The first kappa shape index (κ1) is 8.20. The zero-order chi connectivity index (χ0) is 6.78. The molecule has 0 aliphatic heterocycles. The third-order valence-electron chi connectivity index (χ3n) is 0.634. The molecule has 0 saturated heterocycles. The topological polar surface area (TPSA) is 54.0 Å². The molecule has 0 saturated carbocycles. The molecule has 0 aromatic carbocycles. The molecule has 0 aliphatic carbocycles. The number of rotatable bonds is 2. The Kier molecular flexibility index (Phi) is 2.73. The van der Waals surface area contributed by atoms with Crippen molar-refractivity contribution in [3.05, 3.63) is 0 Å². The summed E-state index contributed by atoms with van der Waals surface area (Å²) < 4.78 is 28.4. The fraction of sp³-hybridized carbons (Fsp3) is 1.00. The largest absolute Gasteiger partial charge is 0.311 e. The first-order valence-corrected chi connectivity index (χ1v) is 3.98. The van der Waals surface area contributed by atoms with Gasteiger partial charge in [0.25, 0.3) is 0 Å². The van der Waals surface area contributed by atoms with Crippen LogP contribution in [0.3, 0.4) is 0 Å². The third kappa shape index (κ3) is 2.49. The maximum atomic E-state index is 9.87. The van der Waals surface area contributed by atoms with E-state index >= 15 is 0 Å². The zero-order valence-electron chi connectivity index (χ0n) is 4.30. The third-order valence-corrected chi connectivity index (χ3v) is 2.56. The lowest BCUT2D eigenvalue weighted by Gasteiger charge is -1.95. The van der Waals surface area contributed by atoms with Crippen molar-refractivity contribution in [2.24, 2.45) is 0 Å². The summed E-state index contributed by atoms with van der Waals surface area (Å²) in [6.45, 7) is 1.53. The van der Waals surface area contributed by atoms with Crippen LogP contribution in [0.2, 0.25) is 0 Å². The quantitative estimate of drug-likeness (QED) is 0.555. The smallest absolute Gasteiger partial charge is 0.195 e. The molecule has 1 unspecified atom stereocenters. The van der Waals surface area contributed by atoms with E-state index in [1.165, 1.54) is 6.92 Å². The van der Waals surface area contributed by atoms with Gasteiger partial charge in [-0.1, -0.05) is 11.5 Å². The van der Waals surface area contributed by atoms with Crippen molar-refractivity contribution in [3.8, 4) is 0 Å². The van der Waals surface area contributed by atoms with Crippen LogP contribution in [0.4, 0.5) is 0 Å². The molecule has 0 fully saturated rings. The highest BCUT2D eigenvalue weighted by molar-refractivity contribution is 7.87. The van der Waals surface area contributed by atoms with Crippen LogP contribution in [0.25, 0.3) is 0 Å². The SMILES string of the molecule is CCC(Cl)S([O])(=O)=O. The van der Waals surface area contributed by atoms with E-state index in [1.807, 2.05) is 0 Å². The number of alkyl halides is 1. The lowest BCUT2D eigenvalue weighted by Crippen LogP contribution is -2.10. The summed E-state index contributed by atoms with van der Waals surface area (Å²) in [7, 11) is -4.24. The molecule has 0 rings (SSSR count). The molecule has 0 amide bonds. The van der Waals surface area contributed by atoms with E-state index in [2.05, 4.69) is 0 Å². The molecule has 49 valence electrons. The van der Waals surface area contributed by atoms with Crippen LogP contribution in [-0.4, -0.2) is 13.1 Å². The molecular weight excluding hydrogens is 152 g/mol. The predicted octanol–water partition coefficient (Wildman–Crippen LogP) is 0.722. The summed E-state index contributed by atoms with van der Waals surface area (Å²) in [6, 6.07) is 0. The van der Waals surface area contributed by atoms with Crippen LogP contribution in [-0.2, 0) is 14.7 Å². The highest BCUT2D eigenvalue weighted by atomic mass is 35.5. The van der Waals surface area contributed by atoms with E-state index in [4.69, 9.17) is 11.6 Å². The van der Waals surface area contributed by atoms with Crippen molar-refractivity contribution in [2.45, 2.75) is 18.1 Å². The van der Waals surface area contributed by atoms with E-state index in [0.717, 1.165) is 0 Å². The van der Waals surface area contributed by atoms with Crippen LogP contribution >= 0.6 is 11.6 Å². The average molecular weight is 158 g/mol. The van der Waals surface area contributed by atoms with Gasteiger partial charge in [0.1, 0.15) is 0 Å². The van der Waals surface area contributed by atoms with Gasteiger partial charge in [0.05, 0.1) is 0 Å². The van der Waals surface area contributed by atoms with Gasteiger partial charge in [0.2, 0.25) is 0 Å². The lowest BCUT2D eigenvalue weighted by molar-refractivity contribution is 0.410. The maximum absolute atomic E-state index is 9.87. The Hall–Kier alpha value is 0.200. The second-order valence-electron chi connectivity index (χ2n) is 1.31. The summed E-state index contributed by atoms with van der Waals surface area (Å²) in [6.07, 6.45) is 0.160. The zero-order valence-corrected chi connectivity index (χ0v) is 5.87. The molecule has 5 heteroatoms. The van der Waals surface area contributed by atoms with Crippen molar-refractivity contribution >= 4 is 21.7 Å². The van der Waals surface area contributed by atoms with Crippen molar-refractivity contribution in [3.63, 3.8) is 0 Å². The summed E-state index contributed by atoms with van der Waals surface area (Å²) in [5, 5.41) is 0. The summed E-state index contributed by atoms with van der Waals surface area (Å²) >= 11 is 5.04. The van der Waals surface area contributed by atoms with Gasteiger partial charge < -0.3 is 0 Å². The number of hydrogen-bond donors (Lipinski definition) is 0. The second kappa shape index (κ2) is 2.66. The first-order chi connectivity index (χ1) is 3.48. The van der Waals surface area contributed by atoms with E-state index in [-0.39, 0.29) is 6.42 Å². The van der Waals surface area contributed by atoms with Crippen molar-refractivity contribution in [2.75, 3.05) is 0 Å². The molecule has 0 N–H and O–H groups in total. The maximum Gasteiger partial charge on any atom is 0.311 e. The summed E-state index contributed by atoms with van der Waals surface area (Å²) in [4.78, 5) is 0. The molecule has 0 aromatic rings. The van der Waals surface area contributed by atoms with E-state index in [9.17, 15) is 13.0 Å². The molecule has 0 aliphatic rings. The Bertz CT molecular complexity index is 150. The standard InChI is InChI=1S/C3H6ClO3S/c1-2-3(4)8(5,6)7/h3H,2H2,1H3. The average Bonchev–Trinajstić information content (AvgIpc) is 1.62.